The van der Waals surface area contributed by atoms with E-state index in [0.717, 1.165) is 26.1 Å². The summed E-state index contributed by atoms with van der Waals surface area (Å²) in [6.07, 6.45) is 1.11. The van der Waals surface area contributed by atoms with Gasteiger partial charge in [0.25, 0.3) is 0 Å². The second kappa shape index (κ2) is 3.91. The fourth-order valence-electron chi connectivity index (χ4n) is 2.39. The first kappa shape index (κ1) is 9.85. The van der Waals surface area contributed by atoms with E-state index in [9.17, 15) is 4.79 Å². The zero-order valence-electron chi connectivity index (χ0n) is 9.20. The maximum Gasteiger partial charge on any atom is 0.225 e. The van der Waals surface area contributed by atoms with E-state index in [2.05, 4.69) is 34.9 Å². The molecule has 1 atom stereocenters. The Balaban J connectivity index is 1.52. The molecule has 1 fully saturated rings. The van der Waals surface area contributed by atoms with Gasteiger partial charge in [-0.05, 0) is 17.5 Å². The third-order valence-corrected chi connectivity index (χ3v) is 3.64. The molecule has 1 amide bonds. The predicted octanol–water partition coefficient (Wildman–Crippen LogP) is 0.662. The van der Waals surface area contributed by atoms with Crippen molar-refractivity contribution < 1.29 is 4.79 Å². The molecule has 16 heavy (non-hydrogen) atoms. The maximum atomic E-state index is 11.6. The molecule has 0 radical (unpaired) electrons. The molecular weight excluding hydrogens is 200 g/mol. The number of carbonyl (C=O) groups is 1. The minimum atomic E-state index is 0.204. The third kappa shape index (κ3) is 1.61. The van der Waals surface area contributed by atoms with Gasteiger partial charge in [0.05, 0.1) is 5.92 Å². The van der Waals surface area contributed by atoms with Crippen LogP contribution in [0.2, 0.25) is 0 Å². The highest BCUT2D eigenvalue weighted by molar-refractivity contribution is 5.80. The minimum Gasteiger partial charge on any atom is -0.355 e. The van der Waals surface area contributed by atoms with E-state index in [-0.39, 0.29) is 11.8 Å². The van der Waals surface area contributed by atoms with Gasteiger partial charge in [-0.15, -0.1) is 0 Å². The number of fused-ring (bicyclic) bond motifs is 1. The summed E-state index contributed by atoms with van der Waals surface area (Å²) in [5.74, 6) is 0.951. The highest BCUT2D eigenvalue weighted by atomic mass is 16.2. The van der Waals surface area contributed by atoms with Crippen molar-refractivity contribution in [3.05, 3.63) is 35.4 Å². The molecule has 0 saturated carbocycles. The molecule has 0 aromatic heterocycles. The molecule has 1 saturated heterocycles. The number of hydrogen-bond acceptors (Lipinski definition) is 2. The fourth-order valence-corrected chi connectivity index (χ4v) is 2.39. The summed E-state index contributed by atoms with van der Waals surface area (Å²) in [5.41, 5.74) is 2.85. The van der Waals surface area contributed by atoms with Gasteiger partial charge in [0.2, 0.25) is 5.91 Å². The van der Waals surface area contributed by atoms with Gasteiger partial charge in [0.15, 0.2) is 0 Å². The van der Waals surface area contributed by atoms with Gasteiger partial charge < -0.3 is 10.6 Å². The smallest absolute Gasteiger partial charge is 0.225 e. The van der Waals surface area contributed by atoms with E-state index in [0.29, 0.717) is 5.92 Å². The average Bonchev–Trinajstić information content (AvgIpc) is 2.16. The normalized spacial score (nSPS) is 22.9. The lowest BCUT2D eigenvalue weighted by atomic mass is 9.77. The molecule has 3 heteroatoms. The summed E-state index contributed by atoms with van der Waals surface area (Å²) in [5, 5.41) is 6.16. The van der Waals surface area contributed by atoms with Gasteiger partial charge in [0.1, 0.15) is 0 Å². The molecule has 0 spiro atoms. The van der Waals surface area contributed by atoms with Crippen LogP contribution in [-0.4, -0.2) is 25.5 Å². The van der Waals surface area contributed by atoms with Crippen molar-refractivity contribution in [2.45, 2.75) is 12.3 Å². The van der Waals surface area contributed by atoms with E-state index in [1.807, 2.05) is 0 Å². The first-order valence-corrected chi connectivity index (χ1v) is 5.91. The van der Waals surface area contributed by atoms with Crippen molar-refractivity contribution in [3.63, 3.8) is 0 Å². The van der Waals surface area contributed by atoms with Crippen molar-refractivity contribution in [2.24, 2.45) is 5.92 Å². The van der Waals surface area contributed by atoms with Gasteiger partial charge in [-0.25, -0.2) is 0 Å². The van der Waals surface area contributed by atoms with Crippen LogP contribution in [0.25, 0.3) is 0 Å². The zero-order valence-corrected chi connectivity index (χ0v) is 9.20. The monoisotopic (exact) mass is 216 g/mol. The van der Waals surface area contributed by atoms with E-state index in [1.54, 1.807) is 0 Å². The van der Waals surface area contributed by atoms with Crippen molar-refractivity contribution in [1.82, 2.24) is 10.6 Å². The molecule has 84 valence electrons. The van der Waals surface area contributed by atoms with E-state index >= 15 is 0 Å². The summed E-state index contributed by atoms with van der Waals surface area (Å²) in [6, 6.07) is 8.49. The molecule has 2 aliphatic rings. The molecule has 2 N–H and O–H groups in total. The van der Waals surface area contributed by atoms with E-state index < -0.39 is 0 Å². The van der Waals surface area contributed by atoms with Gasteiger partial charge in [-0.1, -0.05) is 24.3 Å². The molecule has 1 heterocycles. The van der Waals surface area contributed by atoms with Gasteiger partial charge >= 0.3 is 0 Å². The van der Waals surface area contributed by atoms with Crippen molar-refractivity contribution in [2.75, 3.05) is 19.6 Å². The molecule has 3 nitrogen and oxygen atoms in total. The highest BCUT2D eigenvalue weighted by Crippen LogP contribution is 2.33. The van der Waals surface area contributed by atoms with Crippen molar-refractivity contribution >= 4 is 5.91 Å². The van der Waals surface area contributed by atoms with E-state index in [4.69, 9.17) is 0 Å². The van der Waals surface area contributed by atoms with Crippen LogP contribution in [0.5, 0.6) is 0 Å². The average molecular weight is 216 g/mol. The second-order valence-corrected chi connectivity index (χ2v) is 4.70. The van der Waals surface area contributed by atoms with Crippen molar-refractivity contribution in [3.8, 4) is 0 Å². The molecule has 3 rings (SSSR count). The van der Waals surface area contributed by atoms with Crippen LogP contribution in [0.4, 0.5) is 0 Å². The molecule has 1 aromatic rings. The van der Waals surface area contributed by atoms with E-state index in [1.165, 1.54) is 11.1 Å². The van der Waals surface area contributed by atoms with Crippen LogP contribution in [-0.2, 0) is 11.2 Å². The molecular formula is C13H16N2O. The number of benzene rings is 1. The minimum absolute atomic E-state index is 0.204. The summed E-state index contributed by atoms with van der Waals surface area (Å²) in [6.45, 7) is 2.48. The summed E-state index contributed by atoms with van der Waals surface area (Å²) < 4.78 is 0. The van der Waals surface area contributed by atoms with Crippen LogP contribution < -0.4 is 10.6 Å². The number of amides is 1. The Morgan fingerprint density at radius 3 is 2.88 bits per heavy atom. The summed E-state index contributed by atoms with van der Waals surface area (Å²) in [7, 11) is 0. The lowest BCUT2D eigenvalue weighted by molar-refractivity contribution is -0.126. The maximum absolute atomic E-state index is 11.6. The fraction of sp³-hybridized carbons (Fsp3) is 0.462. The Morgan fingerprint density at radius 1 is 1.38 bits per heavy atom. The molecule has 1 unspecified atom stereocenters. The molecule has 1 aliphatic carbocycles. The SMILES string of the molecule is O=C(NCC1Cc2ccccc21)C1CNC1. The summed E-state index contributed by atoms with van der Waals surface area (Å²) >= 11 is 0. The predicted molar refractivity (Wildman–Crippen MR) is 62.3 cm³/mol. The van der Waals surface area contributed by atoms with Gasteiger partial charge in [-0.3, -0.25) is 4.79 Å². The first-order chi connectivity index (χ1) is 7.84. The lowest BCUT2D eigenvalue weighted by Crippen LogP contribution is -2.51. The largest absolute Gasteiger partial charge is 0.355 e. The van der Waals surface area contributed by atoms with Crippen LogP contribution in [0.3, 0.4) is 0 Å². The zero-order chi connectivity index (χ0) is 11.0. The van der Waals surface area contributed by atoms with Crippen LogP contribution in [0.15, 0.2) is 24.3 Å². The number of hydrogen-bond donors (Lipinski definition) is 2. The topological polar surface area (TPSA) is 41.1 Å². The van der Waals surface area contributed by atoms with Crippen LogP contribution in [0.1, 0.15) is 17.0 Å². The Kier molecular flexibility index (Phi) is 2.40. The molecule has 0 bridgehead atoms. The number of nitrogens with one attached hydrogen (secondary N) is 2. The number of rotatable bonds is 3. The third-order valence-electron chi connectivity index (χ3n) is 3.64. The quantitative estimate of drug-likeness (QED) is 0.779. The highest BCUT2D eigenvalue weighted by Gasteiger charge is 2.28. The van der Waals surface area contributed by atoms with Crippen LogP contribution >= 0.6 is 0 Å². The Labute approximate surface area is 95.2 Å². The van der Waals surface area contributed by atoms with Crippen molar-refractivity contribution in [1.29, 1.82) is 0 Å². The standard InChI is InChI=1S/C13H16N2O/c16-13(11-6-14-7-11)15-8-10-5-9-3-1-2-4-12(9)10/h1-4,10-11,14H,5-8H2,(H,15,16). The Hall–Kier alpha value is -1.35. The van der Waals surface area contributed by atoms with Gasteiger partial charge in [0, 0.05) is 25.6 Å². The lowest BCUT2D eigenvalue weighted by Gasteiger charge is -2.32. The summed E-state index contributed by atoms with van der Waals surface area (Å²) in [4.78, 5) is 11.6. The Bertz CT molecular complexity index is 412. The second-order valence-electron chi connectivity index (χ2n) is 4.70. The van der Waals surface area contributed by atoms with Gasteiger partial charge in [-0.2, -0.15) is 0 Å². The molecule has 1 aliphatic heterocycles. The molecule has 1 aromatic carbocycles. The van der Waals surface area contributed by atoms with Crippen LogP contribution in [0, 0.1) is 5.92 Å². The Morgan fingerprint density at radius 2 is 2.19 bits per heavy atom. The number of carbonyl (C=O) groups excluding carboxylic acids is 1. The first-order valence-electron chi connectivity index (χ1n) is 5.91.